The van der Waals surface area contributed by atoms with Crippen LogP contribution in [0.5, 0.6) is 0 Å². The van der Waals surface area contributed by atoms with E-state index in [1.807, 2.05) is 0 Å². The first-order valence-corrected chi connectivity index (χ1v) is 4.51. The predicted molar refractivity (Wildman–Crippen MR) is 46.6 cm³/mol. The molecule has 1 aliphatic carbocycles. The first-order chi connectivity index (χ1) is 5.38. The highest BCUT2D eigenvalue weighted by molar-refractivity contribution is 5.09. The Labute approximate surface area is 68.3 Å². The maximum absolute atomic E-state index is 3.40. The molecule has 1 aliphatic heterocycles. The van der Waals surface area contributed by atoms with E-state index in [1.54, 1.807) is 0 Å². The summed E-state index contributed by atoms with van der Waals surface area (Å²) in [6.45, 7) is 5.84. The SMILES string of the molecule is C[C@H]1CNCCN1C1C=CC1. The first-order valence-electron chi connectivity index (χ1n) is 4.51. The minimum Gasteiger partial charge on any atom is -0.314 e. The highest BCUT2D eigenvalue weighted by Crippen LogP contribution is 2.19. The molecule has 0 amide bonds. The number of hydrogen-bond donors (Lipinski definition) is 1. The minimum absolute atomic E-state index is 0.721. The van der Waals surface area contributed by atoms with Gasteiger partial charge in [-0.25, -0.2) is 0 Å². The van der Waals surface area contributed by atoms with Crippen molar-refractivity contribution in [3.8, 4) is 0 Å². The molecule has 2 rings (SSSR count). The van der Waals surface area contributed by atoms with E-state index in [2.05, 4.69) is 29.3 Å². The molecule has 0 spiro atoms. The quantitative estimate of drug-likeness (QED) is 0.554. The van der Waals surface area contributed by atoms with Gasteiger partial charge in [-0.3, -0.25) is 4.90 Å². The fraction of sp³-hybridized carbons (Fsp3) is 0.778. The summed E-state index contributed by atoms with van der Waals surface area (Å²) >= 11 is 0. The van der Waals surface area contributed by atoms with Gasteiger partial charge in [-0.15, -0.1) is 0 Å². The van der Waals surface area contributed by atoms with E-state index in [1.165, 1.54) is 13.0 Å². The standard InChI is InChI=1S/C9H16N2/c1-8-7-10-5-6-11(8)9-3-2-4-9/h2-3,8-10H,4-7H2,1H3/t8-,9?/m0/s1. The summed E-state index contributed by atoms with van der Waals surface area (Å²) < 4.78 is 0. The normalized spacial score (nSPS) is 38.6. The van der Waals surface area contributed by atoms with Crippen molar-refractivity contribution in [2.75, 3.05) is 19.6 Å². The lowest BCUT2D eigenvalue weighted by Crippen LogP contribution is -2.54. The van der Waals surface area contributed by atoms with Gasteiger partial charge in [0.05, 0.1) is 0 Å². The van der Waals surface area contributed by atoms with E-state index in [0.29, 0.717) is 0 Å². The molecule has 1 fully saturated rings. The van der Waals surface area contributed by atoms with Gasteiger partial charge < -0.3 is 5.32 Å². The molecule has 2 nitrogen and oxygen atoms in total. The smallest absolute Gasteiger partial charge is 0.0316 e. The summed E-state index contributed by atoms with van der Waals surface area (Å²) in [4.78, 5) is 2.59. The average molecular weight is 152 g/mol. The Morgan fingerprint density at radius 3 is 2.91 bits per heavy atom. The summed E-state index contributed by atoms with van der Waals surface area (Å²) in [5, 5.41) is 3.40. The second kappa shape index (κ2) is 2.95. The summed E-state index contributed by atoms with van der Waals surface area (Å²) in [7, 11) is 0. The Morgan fingerprint density at radius 1 is 1.55 bits per heavy atom. The van der Waals surface area contributed by atoms with Crippen LogP contribution in [-0.4, -0.2) is 36.6 Å². The highest BCUT2D eigenvalue weighted by atomic mass is 15.2. The zero-order valence-electron chi connectivity index (χ0n) is 7.09. The number of rotatable bonds is 1. The molecule has 1 unspecified atom stereocenters. The van der Waals surface area contributed by atoms with Gasteiger partial charge in [0.25, 0.3) is 0 Å². The van der Waals surface area contributed by atoms with Gasteiger partial charge in [0.2, 0.25) is 0 Å². The summed E-state index contributed by atoms with van der Waals surface area (Å²) in [5.74, 6) is 0. The van der Waals surface area contributed by atoms with Gasteiger partial charge in [-0.2, -0.15) is 0 Å². The molecule has 11 heavy (non-hydrogen) atoms. The van der Waals surface area contributed by atoms with E-state index >= 15 is 0 Å². The van der Waals surface area contributed by atoms with Crippen LogP contribution >= 0.6 is 0 Å². The number of piperazine rings is 1. The van der Waals surface area contributed by atoms with Crippen LogP contribution in [0.3, 0.4) is 0 Å². The van der Waals surface area contributed by atoms with Crippen LogP contribution in [0.25, 0.3) is 0 Å². The maximum Gasteiger partial charge on any atom is 0.0316 e. The Balaban J connectivity index is 1.94. The van der Waals surface area contributed by atoms with Gasteiger partial charge >= 0.3 is 0 Å². The van der Waals surface area contributed by atoms with Gasteiger partial charge in [0.1, 0.15) is 0 Å². The van der Waals surface area contributed by atoms with Crippen molar-refractivity contribution >= 4 is 0 Å². The van der Waals surface area contributed by atoms with E-state index < -0.39 is 0 Å². The van der Waals surface area contributed by atoms with Crippen molar-refractivity contribution in [3.05, 3.63) is 12.2 Å². The van der Waals surface area contributed by atoms with E-state index in [0.717, 1.165) is 25.2 Å². The van der Waals surface area contributed by atoms with Gasteiger partial charge in [0, 0.05) is 31.7 Å². The first kappa shape index (κ1) is 7.32. The van der Waals surface area contributed by atoms with Crippen LogP contribution in [0.1, 0.15) is 13.3 Å². The molecule has 0 aromatic heterocycles. The van der Waals surface area contributed by atoms with Crippen molar-refractivity contribution in [2.45, 2.75) is 25.4 Å². The van der Waals surface area contributed by atoms with Gasteiger partial charge in [-0.1, -0.05) is 12.2 Å². The summed E-state index contributed by atoms with van der Waals surface area (Å²) in [6, 6.07) is 1.48. The van der Waals surface area contributed by atoms with E-state index in [4.69, 9.17) is 0 Å². The molecule has 1 N–H and O–H groups in total. The molecule has 0 aromatic rings. The van der Waals surface area contributed by atoms with Crippen LogP contribution in [-0.2, 0) is 0 Å². The molecule has 0 radical (unpaired) electrons. The van der Waals surface area contributed by atoms with Crippen LogP contribution in [0.15, 0.2) is 12.2 Å². The Hall–Kier alpha value is -0.340. The molecule has 2 heteroatoms. The molecule has 0 bridgehead atoms. The fourth-order valence-electron chi connectivity index (χ4n) is 1.85. The van der Waals surface area contributed by atoms with Crippen LogP contribution < -0.4 is 5.32 Å². The number of nitrogens with one attached hydrogen (secondary N) is 1. The van der Waals surface area contributed by atoms with Crippen molar-refractivity contribution in [1.29, 1.82) is 0 Å². The van der Waals surface area contributed by atoms with Gasteiger partial charge in [0.15, 0.2) is 0 Å². The molecule has 62 valence electrons. The summed E-state index contributed by atoms with van der Waals surface area (Å²) in [5.41, 5.74) is 0. The Kier molecular flexibility index (Phi) is 1.96. The van der Waals surface area contributed by atoms with Crippen molar-refractivity contribution < 1.29 is 0 Å². The molecular formula is C9H16N2. The molecule has 0 aromatic carbocycles. The third kappa shape index (κ3) is 1.33. The molecule has 1 saturated heterocycles. The van der Waals surface area contributed by atoms with Crippen molar-refractivity contribution in [3.63, 3.8) is 0 Å². The fourth-order valence-corrected chi connectivity index (χ4v) is 1.85. The molecular weight excluding hydrogens is 136 g/mol. The van der Waals surface area contributed by atoms with Crippen LogP contribution in [0, 0.1) is 0 Å². The third-order valence-electron chi connectivity index (χ3n) is 2.71. The zero-order valence-corrected chi connectivity index (χ0v) is 7.09. The van der Waals surface area contributed by atoms with E-state index in [-0.39, 0.29) is 0 Å². The Bertz CT molecular complexity index is 165. The summed E-state index contributed by atoms with van der Waals surface area (Å²) in [6.07, 6.45) is 5.85. The topological polar surface area (TPSA) is 15.3 Å². The third-order valence-corrected chi connectivity index (χ3v) is 2.71. The van der Waals surface area contributed by atoms with Crippen molar-refractivity contribution in [1.82, 2.24) is 10.2 Å². The lowest BCUT2D eigenvalue weighted by Gasteiger charge is -2.40. The molecule has 1 heterocycles. The lowest BCUT2D eigenvalue weighted by atomic mass is 9.99. The maximum atomic E-state index is 3.40. The second-order valence-electron chi connectivity index (χ2n) is 3.52. The highest BCUT2D eigenvalue weighted by Gasteiger charge is 2.25. The monoisotopic (exact) mass is 152 g/mol. The molecule has 2 atom stereocenters. The average Bonchev–Trinajstić information content (AvgIpc) is 1.90. The number of hydrogen-bond acceptors (Lipinski definition) is 2. The lowest BCUT2D eigenvalue weighted by molar-refractivity contribution is 0.133. The largest absolute Gasteiger partial charge is 0.314 e. The molecule has 0 saturated carbocycles. The van der Waals surface area contributed by atoms with Crippen LogP contribution in [0.4, 0.5) is 0 Å². The number of nitrogens with zero attached hydrogens (tertiary/aromatic N) is 1. The van der Waals surface area contributed by atoms with Gasteiger partial charge in [-0.05, 0) is 13.3 Å². The second-order valence-corrected chi connectivity index (χ2v) is 3.52. The molecule has 2 aliphatic rings. The minimum atomic E-state index is 0.721. The Morgan fingerprint density at radius 2 is 2.36 bits per heavy atom. The predicted octanol–water partition coefficient (Wildman–Crippen LogP) is 0.609. The van der Waals surface area contributed by atoms with Crippen molar-refractivity contribution in [2.24, 2.45) is 0 Å². The van der Waals surface area contributed by atoms with Crippen LogP contribution in [0.2, 0.25) is 0 Å². The zero-order chi connectivity index (χ0) is 7.68. The van der Waals surface area contributed by atoms with E-state index in [9.17, 15) is 0 Å².